The van der Waals surface area contributed by atoms with Crippen molar-refractivity contribution in [3.63, 3.8) is 0 Å². The lowest BCUT2D eigenvalue weighted by Gasteiger charge is -2.27. The van der Waals surface area contributed by atoms with Gasteiger partial charge in [0.25, 0.3) is 0 Å². The molecule has 1 fully saturated rings. The first-order valence-corrected chi connectivity index (χ1v) is 6.24. The van der Waals surface area contributed by atoms with E-state index in [-0.39, 0.29) is 17.4 Å². The predicted molar refractivity (Wildman–Crippen MR) is 71.8 cm³/mol. The van der Waals surface area contributed by atoms with Crippen molar-refractivity contribution in [1.29, 1.82) is 0 Å². The summed E-state index contributed by atoms with van der Waals surface area (Å²) in [4.78, 5) is 11.8. The summed E-state index contributed by atoms with van der Waals surface area (Å²) in [6.45, 7) is 7.49. The van der Waals surface area contributed by atoms with Gasteiger partial charge in [0.15, 0.2) is 0 Å². The van der Waals surface area contributed by atoms with Crippen molar-refractivity contribution in [1.82, 2.24) is 5.32 Å². The van der Waals surface area contributed by atoms with Crippen LogP contribution in [0.1, 0.15) is 20.8 Å². The second-order valence-corrected chi connectivity index (χ2v) is 5.63. The Balaban J connectivity index is 1.92. The number of carbonyl (C=O) groups is 1. The lowest BCUT2D eigenvalue weighted by atomic mass is 9.95. The summed E-state index contributed by atoms with van der Waals surface area (Å²) in [5.74, 6) is 0.856. The van der Waals surface area contributed by atoms with E-state index in [4.69, 9.17) is 4.74 Å². The molecule has 1 amide bonds. The lowest BCUT2D eigenvalue weighted by Crippen LogP contribution is -2.50. The number of nitrogens with one attached hydrogen (secondary N) is 2. The number of ether oxygens (including phenoxy) is 1. The molecule has 0 unspecified atom stereocenters. The molecule has 1 aliphatic heterocycles. The monoisotopic (exact) mass is 248 g/mol. The van der Waals surface area contributed by atoms with E-state index in [0.29, 0.717) is 0 Å². The van der Waals surface area contributed by atoms with Crippen molar-refractivity contribution >= 4 is 11.6 Å². The number of hydrogen-bond donors (Lipinski definition) is 2. The van der Waals surface area contributed by atoms with Crippen molar-refractivity contribution < 1.29 is 9.53 Å². The van der Waals surface area contributed by atoms with Crippen LogP contribution >= 0.6 is 0 Å². The van der Waals surface area contributed by atoms with Gasteiger partial charge in [-0.2, -0.15) is 0 Å². The van der Waals surface area contributed by atoms with E-state index in [1.165, 1.54) is 0 Å². The molecule has 4 nitrogen and oxygen atoms in total. The van der Waals surface area contributed by atoms with E-state index in [9.17, 15) is 4.79 Å². The van der Waals surface area contributed by atoms with Crippen LogP contribution in [0.15, 0.2) is 24.3 Å². The van der Waals surface area contributed by atoms with E-state index in [1.54, 1.807) is 0 Å². The molecule has 0 aromatic heterocycles. The molecule has 0 atom stereocenters. The number of carbonyl (C=O) groups excluding carboxylic acids is 1. The van der Waals surface area contributed by atoms with E-state index >= 15 is 0 Å². The molecule has 1 aromatic carbocycles. The second kappa shape index (κ2) is 4.98. The fourth-order valence-corrected chi connectivity index (χ4v) is 1.47. The maximum Gasteiger partial charge on any atom is 0.229 e. The van der Waals surface area contributed by atoms with E-state index < -0.39 is 0 Å². The van der Waals surface area contributed by atoms with Crippen LogP contribution in [-0.2, 0) is 4.79 Å². The third kappa shape index (κ3) is 3.23. The van der Waals surface area contributed by atoms with Crippen molar-refractivity contribution in [3.8, 4) is 5.75 Å². The Morgan fingerprint density at radius 1 is 1.28 bits per heavy atom. The lowest BCUT2D eigenvalue weighted by molar-refractivity contribution is -0.123. The summed E-state index contributed by atoms with van der Waals surface area (Å²) in [6.07, 6.45) is 0.278. The van der Waals surface area contributed by atoms with Crippen LogP contribution in [-0.4, -0.2) is 25.1 Å². The highest BCUT2D eigenvalue weighted by molar-refractivity contribution is 5.94. The summed E-state index contributed by atoms with van der Waals surface area (Å²) in [7, 11) is 0. The minimum absolute atomic E-state index is 0.0133. The quantitative estimate of drug-likeness (QED) is 0.860. The zero-order chi connectivity index (χ0) is 13.2. The Labute approximate surface area is 108 Å². The van der Waals surface area contributed by atoms with Gasteiger partial charge in [0.05, 0.1) is 0 Å². The Bertz CT molecular complexity index is 416. The van der Waals surface area contributed by atoms with E-state index in [2.05, 4.69) is 10.6 Å². The molecule has 0 bridgehead atoms. The average Bonchev–Trinajstić information content (AvgIpc) is 2.24. The van der Waals surface area contributed by atoms with Gasteiger partial charge in [0, 0.05) is 24.2 Å². The zero-order valence-corrected chi connectivity index (χ0v) is 11.1. The highest BCUT2D eigenvalue weighted by atomic mass is 16.5. The minimum atomic E-state index is -0.382. The number of amides is 1. The first-order chi connectivity index (χ1) is 8.45. The van der Waals surface area contributed by atoms with Gasteiger partial charge in [-0.05, 0) is 24.3 Å². The summed E-state index contributed by atoms with van der Waals surface area (Å²) in [6, 6.07) is 7.50. The zero-order valence-electron chi connectivity index (χ0n) is 11.1. The second-order valence-electron chi connectivity index (χ2n) is 5.63. The molecular weight excluding hydrogens is 228 g/mol. The van der Waals surface area contributed by atoms with Crippen molar-refractivity contribution in [2.75, 3.05) is 18.4 Å². The van der Waals surface area contributed by atoms with Gasteiger partial charge >= 0.3 is 0 Å². The molecule has 2 N–H and O–H groups in total. The molecule has 0 radical (unpaired) electrons. The van der Waals surface area contributed by atoms with Crippen LogP contribution in [0.5, 0.6) is 5.75 Å². The summed E-state index contributed by atoms with van der Waals surface area (Å²) < 4.78 is 5.70. The maximum absolute atomic E-state index is 11.8. The molecule has 1 heterocycles. The summed E-state index contributed by atoms with van der Waals surface area (Å²) in [5.41, 5.74) is 0.418. The van der Waals surface area contributed by atoms with Gasteiger partial charge in [0.1, 0.15) is 11.9 Å². The van der Waals surface area contributed by atoms with Gasteiger partial charge in [-0.1, -0.05) is 20.8 Å². The van der Waals surface area contributed by atoms with Crippen LogP contribution in [0.25, 0.3) is 0 Å². The molecule has 0 spiro atoms. The highest BCUT2D eigenvalue weighted by Gasteiger charge is 2.21. The molecular formula is C14H20N2O2. The Hall–Kier alpha value is -1.55. The summed E-state index contributed by atoms with van der Waals surface area (Å²) >= 11 is 0. The van der Waals surface area contributed by atoms with Gasteiger partial charge < -0.3 is 15.4 Å². The first-order valence-electron chi connectivity index (χ1n) is 6.24. The molecule has 0 aliphatic carbocycles. The fraction of sp³-hybridized carbons (Fsp3) is 0.500. The fourth-order valence-electron chi connectivity index (χ4n) is 1.47. The molecule has 4 heteroatoms. The topological polar surface area (TPSA) is 50.4 Å². The van der Waals surface area contributed by atoms with Gasteiger partial charge in [0.2, 0.25) is 5.91 Å². The molecule has 1 aliphatic rings. The van der Waals surface area contributed by atoms with Crippen molar-refractivity contribution in [3.05, 3.63) is 24.3 Å². The van der Waals surface area contributed by atoms with Crippen LogP contribution < -0.4 is 15.4 Å². The van der Waals surface area contributed by atoms with E-state index in [1.807, 2.05) is 45.0 Å². The molecule has 2 rings (SSSR count). The number of hydrogen-bond acceptors (Lipinski definition) is 3. The van der Waals surface area contributed by atoms with Crippen LogP contribution in [0.3, 0.4) is 0 Å². The van der Waals surface area contributed by atoms with Crippen LogP contribution in [0.2, 0.25) is 0 Å². The first kappa shape index (κ1) is 12.9. The molecule has 1 aromatic rings. The molecule has 0 saturated carbocycles. The van der Waals surface area contributed by atoms with Crippen molar-refractivity contribution in [2.24, 2.45) is 5.41 Å². The standard InChI is InChI=1S/C14H20N2O2/c1-14(2,3)13(17)16-10-4-6-11(7-5-10)18-12-8-15-9-12/h4-7,12,15H,8-9H2,1-3H3,(H,16,17). The smallest absolute Gasteiger partial charge is 0.229 e. The molecule has 18 heavy (non-hydrogen) atoms. The molecule has 1 saturated heterocycles. The highest BCUT2D eigenvalue weighted by Crippen LogP contribution is 2.20. The minimum Gasteiger partial charge on any atom is -0.488 e. The number of benzene rings is 1. The predicted octanol–water partition coefficient (Wildman–Crippen LogP) is 2.02. The average molecular weight is 248 g/mol. The number of rotatable bonds is 3. The maximum atomic E-state index is 11.8. The summed E-state index contributed by atoms with van der Waals surface area (Å²) in [5, 5.41) is 6.04. The van der Waals surface area contributed by atoms with Gasteiger partial charge in [-0.25, -0.2) is 0 Å². The normalized spacial score (nSPS) is 15.9. The SMILES string of the molecule is CC(C)(C)C(=O)Nc1ccc(OC2CNC2)cc1. The number of anilines is 1. The third-order valence-corrected chi connectivity index (χ3v) is 2.84. The molecule has 98 valence electrons. The van der Waals surface area contributed by atoms with Gasteiger partial charge in [-0.15, -0.1) is 0 Å². The van der Waals surface area contributed by atoms with E-state index in [0.717, 1.165) is 24.5 Å². The Morgan fingerprint density at radius 3 is 2.33 bits per heavy atom. The largest absolute Gasteiger partial charge is 0.488 e. The van der Waals surface area contributed by atoms with Gasteiger partial charge in [-0.3, -0.25) is 4.79 Å². The van der Waals surface area contributed by atoms with Crippen molar-refractivity contribution in [2.45, 2.75) is 26.9 Å². The van der Waals surface area contributed by atoms with Crippen LogP contribution in [0.4, 0.5) is 5.69 Å². The van der Waals surface area contributed by atoms with Crippen LogP contribution in [0, 0.1) is 5.41 Å². The Kier molecular flexibility index (Phi) is 3.57. The Morgan fingerprint density at radius 2 is 1.89 bits per heavy atom. The third-order valence-electron chi connectivity index (χ3n) is 2.84.